The molecule has 1 aromatic rings. The first-order valence-electron chi connectivity index (χ1n) is 8.15. The zero-order valence-corrected chi connectivity index (χ0v) is 13.7. The molecule has 2 saturated carbocycles. The van der Waals surface area contributed by atoms with Crippen LogP contribution in [0.1, 0.15) is 29.6 Å². The topological polar surface area (TPSA) is 95.5 Å². The summed E-state index contributed by atoms with van der Waals surface area (Å²) in [6.45, 7) is 0. The molecule has 2 amide bonds. The van der Waals surface area contributed by atoms with Gasteiger partial charge in [-0.2, -0.15) is 0 Å². The van der Waals surface area contributed by atoms with Gasteiger partial charge >= 0.3 is 5.97 Å². The average molecular weight is 346 g/mol. The Hall–Kier alpha value is -2.15. The van der Waals surface area contributed by atoms with Crippen molar-refractivity contribution in [2.75, 3.05) is 5.32 Å². The molecule has 126 valence electrons. The van der Waals surface area contributed by atoms with Crippen molar-refractivity contribution in [2.24, 2.45) is 23.7 Å². The molecule has 4 rings (SSSR count). The summed E-state index contributed by atoms with van der Waals surface area (Å²) in [4.78, 5) is 36.4. The van der Waals surface area contributed by atoms with Gasteiger partial charge in [-0.3, -0.25) is 14.4 Å². The van der Waals surface area contributed by atoms with Gasteiger partial charge in [-0.25, -0.2) is 0 Å². The Bertz CT molecular complexity index is 737. The smallest absolute Gasteiger partial charge is 0.307 e. The molecule has 3 aliphatic rings. The third-order valence-corrected chi connectivity index (χ3v) is 5.94. The quantitative estimate of drug-likeness (QED) is 0.712. The summed E-state index contributed by atoms with van der Waals surface area (Å²) in [7, 11) is 0. The third kappa shape index (κ3) is 2.62. The second kappa shape index (κ2) is 5.73. The Balaban J connectivity index is 1.50. The standard InChI is InChI=1S/C17H18N2O4S/c20-14(18-10-3-4-10)11-5-6-24-16(11)19-15(21)12-8-1-2-9(7-8)13(12)17(22)23/h1-2,5-6,8-10,12-13H,3-4,7H2,(H,18,20)(H,19,21)(H,22,23)/t8-,9+,12-,13-/m0/s1. The highest BCUT2D eigenvalue weighted by Gasteiger charge is 2.51. The number of thiophene rings is 1. The zero-order chi connectivity index (χ0) is 16.8. The van der Waals surface area contributed by atoms with E-state index in [0.717, 1.165) is 12.8 Å². The van der Waals surface area contributed by atoms with Crippen LogP contribution in [0, 0.1) is 23.7 Å². The highest BCUT2D eigenvalue weighted by molar-refractivity contribution is 7.14. The molecule has 1 heterocycles. The number of hydrogen-bond acceptors (Lipinski definition) is 4. The van der Waals surface area contributed by atoms with E-state index >= 15 is 0 Å². The molecule has 0 aromatic carbocycles. The molecule has 0 aliphatic heterocycles. The zero-order valence-electron chi connectivity index (χ0n) is 12.9. The number of amides is 2. The number of carboxylic acids is 1. The van der Waals surface area contributed by atoms with Gasteiger partial charge in [-0.15, -0.1) is 11.3 Å². The van der Waals surface area contributed by atoms with Gasteiger partial charge < -0.3 is 15.7 Å². The summed E-state index contributed by atoms with van der Waals surface area (Å²) in [6.07, 6.45) is 6.57. The molecule has 1 aromatic heterocycles. The van der Waals surface area contributed by atoms with Crippen LogP contribution in [0.15, 0.2) is 23.6 Å². The summed E-state index contributed by atoms with van der Waals surface area (Å²) in [5, 5.41) is 17.4. The fourth-order valence-corrected chi connectivity index (χ4v) is 4.57. The molecule has 0 radical (unpaired) electrons. The van der Waals surface area contributed by atoms with Gasteiger partial charge in [0.1, 0.15) is 5.00 Å². The molecule has 7 heteroatoms. The van der Waals surface area contributed by atoms with Crippen molar-refractivity contribution in [1.82, 2.24) is 5.32 Å². The predicted molar refractivity (Wildman–Crippen MR) is 88.8 cm³/mol. The van der Waals surface area contributed by atoms with Crippen LogP contribution in [-0.2, 0) is 9.59 Å². The summed E-state index contributed by atoms with van der Waals surface area (Å²) >= 11 is 1.28. The highest BCUT2D eigenvalue weighted by Crippen LogP contribution is 2.48. The molecule has 6 nitrogen and oxygen atoms in total. The van der Waals surface area contributed by atoms with E-state index in [1.807, 2.05) is 12.2 Å². The van der Waals surface area contributed by atoms with Gasteiger partial charge in [0.2, 0.25) is 5.91 Å². The summed E-state index contributed by atoms with van der Waals surface area (Å²) in [5.74, 6) is -2.75. The van der Waals surface area contributed by atoms with Gasteiger partial charge in [-0.1, -0.05) is 12.2 Å². The average Bonchev–Trinajstić information content (AvgIpc) is 2.98. The number of carboxylic acid groups (broad SMARTS) is 1. The van der Waals surface area contributed by atoms with Gasteiger partial charge in [0.05, 0.1) is 17.4 Å². The fourth-order valence-electron chi connectivity index (χ4n) is 3.79. The van der Waals surface area contributed by atoms with Gasteiger partial charge in [0.25, 0.3) is 5.91 Å². The van der Waals surface area contributed by atoms with E-state index in [2.05, 4.69) is 10.6 Å². The number of carbonyl (C=O) groups excluding carboxylic acids is 2. The molecule has 0 spiro atoms. The molecule has 0 saturated heterocycles. The molecule has 2 fully saturated rings. The van der Waals surface area contributed by atoms with Crippen LogP contribution in [-0.4, -0.2) is 28.9 Å². The number of fused-ring (bicyclic) bond motifs is 2. The summed E-state index contributed by atoms with van der Waals surface area (Å²) < 4.78 is 0. The number of allylic oxidation sites excluding steroid dienone is 2. The Labute approximate surface area is 142 Å². The van der Waals surface area contributed by atoms with E-state index in [9.17, 15) is 19.5 Å². The van der Waals surface area contributed by atoms with Gasteiger partial charge in [0.15, 0.2) is 0 Å². The highest BCUT2D eigenvalue weighted by atomic mass is 32.1. The molecule has 24 heavy (non-hydrogen) atoms. The third-order valence-electron chi connectivity index (χ3n) is 5.11. The number of hydrogen-bond donors (Lipinski definition) is 3. The predicted octanol–water partition coefficient (Wildman–Crippen LogP) is 2.10. The number of rotatable bonds is 5. The molecule has 0 unspecified atom stereocenters. The van der Waals surface area contributed by atoms with Crippen LogP contribution in [0.2, 0.25) is 0 Å². The lowest BCUT2D eigenvalue weighted by molar-refractivity contribution is -0.146. The van der Waals surface area contributed by atoms with E-state index in [1.165, 1.54) is 11.3 Å². The largest absolute Gasteiger partial charge is 0.481 e. The maximum atomic E-state index is 12.7. The van der Waals surface area contributed by atoms with Crippen molar-refractivity contribution in [1.29, 1.82) is 0 Å². The SMILES string of the molecule is O=C(NC1CC1)c1ccsc1NC(=O)[C@@H]1[C@@H](C(=O)O)[C@@H]2C=C[C@H]1C2. The monoisotopic (exact) mass is 346 g/mol. The lowest BCUT2D eigenvalue weighted by atomic mass is 9.82. The van der Waals surface area contributed by atoms with Crippen molar-refractivity contribution >= 4 is 34.1 Å². The lowest BCUT2D eigenvalue weighted by Gasteiger charge is -2.23. The van der Waals surface area contributed by atoms with Crippen LogP contribution >= 0.6 is 11.3 Å². The van der Waals surface area contributed by atoms with Crippen LogP contribution < -0.4 is 10.6 Å². The van der Waals surface area contributed by atoms with Crippen LogP contribution in [0.5, 0.6) is 0 Å². The van der Waals surface area contributed by atoms with Crippen molar-refractivity contribution < 1.29 is 19.5 Å². The first kappa shape index (κ1) is 15.4. The summed E-state index contributed by atoms with van der Waals surface area (Å²) in [5.41, 5.74) is 0.450. The molecule has 3 N–H and O–H groups in total. The van der Waals surface area contributed by atoms with E-state index in [0.29, 0.717) is 17.0 Å². The Morgan fingerprint density at radius 3 is 2.50 bits per heavy atom. The number of nitrogens with one attached hydrogen (secondary N) is 2. The number of aliphatic carboxylic acids is 1. The molecule has 3 aliphatic carbocycles. The van der Waals surface area contributed by atoms with E-state index in [-0.39, 0.29) is 29.7 Å². The first-order chi connectivity index (χ1) is 11.5. The second-order valence-electron chi connectivity index (χ2n) is 6.74. The number of anilines is 1. The molecular weight excluding hydrogens is 328 g/mol. The lowest BCUT2D eigenvalue weighted by Crippen LogP contribution is -2.36. The van der Waals surface area contributed by atoms with Crippen molar-refractivity contribution in [3.63, 3.8) is 0 Å². The Morgan fingerprint density at radius 1 is 1.12 bits per heavy atom. The Kier molecular flexibility index (Phi) is 3.68. The fraction of sp³-hybridized carbons (Fsp3) is 0.471. The van der Waals surface area contributed by atoms with Crippen molar-refractivity contribution in [3.8, 4) is 0 Å². The minimum atomic E-state index is -0.926. The van der Waals surface area contributed by atoms with Gasteiger partial charge in [0, 0.05) is 6.04 Å². The van der Waals surface area contributed by atoms with Crippen molar-refractivity contribution in [3.05, 3.63) is 29.2 Å². The second-order valence-corrected chi connectivity index (χ2v) is 7.65. The Morgan fingerprint density at radius 2 is 1.83 bits per heavy atom. The molecule has 2 bridgehead atoms. The van der Waals surface area contributed by atoms with E-state index in [4.69, 9.17) is 0 Å². The van der Waals surface area contributed by atoms with Crippen LogP contribution in [0.3, 0.4) is 0 Å². The normalized spacial score (nSPS) is 30.3. The minimum Gasteiger partial charge on any atom is -0.481 e. The van der Waals surface area contributed by atoms with E-state index < -0.39 is 17.8 Å². The van der Waals surface area contributed by atoms with Crippen LogP contribution in [0.25, 0.3) is 0 Å². The number of carbonyl (C=O) groups is 3. The van der Waals surface area contributed by atoms with Crippen molar-refractivity contribution in [2.45, 2.75) is 25.3 Å². The van der Waals surface area contributed by atoms with Crippen LogP contribution in [0.4, 0.5) is 5.00 Å². The first-order valence-corrected chi connectivity index (χ1v) is 9.03. The maximum Gasteiger partial charge on any atom is 0.307 e. The molecular formula is C17H18N2O4S. The maximum absolute atomic E-state index is 12.7. The minimum absolute atomic E-state index is 0.0280. The van der Waals surface area contributed by atoms with E-state index in [1.54, 1.807) is 11.4 Å². The van der Waals surface area contributed by atoms with Gasteiger partial charge in [-0.05, 0) is 42.5 Å². The molecule has 4 atom stereocenters. The summed E-state index contributed by atoms with van der Waals surface area (Å²) in [6, 6.07) is 1.93.